The number of methoxy groups -OCH3 is 1. The van der Waals surface area contributed by atoms with Gasteiger partial charge in [-0.05, 0) is 49.3 Å². The van der Waals surface area contributed by atoms with Gasteiger partial charge in [-0.1, -0.05) is 64.1 Å². The van der Waals surface area contributed by atoms with Gasteiger partial charge in [-0.25, -0.2) is 4.79 Å². The molecule has 1 fully saturated rings. The highest BCUT2D eigenvalue weighted by Gasteiger charge is 2.62. The molecule has 204 valence electrons. The van der Waals surface area contributed by atoms with Gasteiger partial charge in [0.15, 0.2) is 14.0 Å². The second-order valence-corrected chi connectivity index (χ2v) is 18.7. The fourth-order valence-electron chi connectivity index (χ4n) is 5.07. The van der Waals surface area contributed by atoms with E-state index >= 15 is 0 Å². The third-order valence-electron chi connectivity index (χ3n) is 8.18. The SMILES string of the molecule is COC(=O)C1=C(OP(=O)(c2ccccc2)c2ccccc2)[C@H](C)[C@@H]2[C@@H](C(C)O[Si](C)(C)C(C)(C)C)C(=O)N12. The van der Waals surface area contributed by atoms with Crippen molar-refractivity contribution in [2.45, 2.75) is 64.9 Å². The second kappa shape index (κ2) is 10.1. The highest BCUT2D eigenvalue weighted by molar-refractivity contribution is 7.74. The Balaban J connectivity index is 1.74. The zero-order chi connectivity index (χ0) is 28.0. The lowest BCUT2D eigenvalue weighted by molar-refractivity contribution is -0.163. The highest BCUT2D eigenvalue weighted by atomic mass is 31.2. The zero-order valence-corrected chi connectivity index (χ0v) is 25.3. The Morgan fingerprint density at radius 1 is 1.00 bits per heavy atom. The minimum atomic E-state index is -3.67. The average molecular weight is 556 g/mol. The van der Waals surface area contributed by atoms with Gasteiger partial charge in [-0.2, -0.15) is 0 Å². The summed E-state index contributed by atoms with van der Waals surface area (Å²) in [6.07, 6.45) is -0.347. The van der Waals surface area contributed by atoms with Gasteiger partial charge in [-0.15, -0.1) is 0 Å². The molecular formula is C29H38NO6PSi. The molecule has 9 heteroatoms. The Morgan fingerprint density at radius 3 is 1.95 bits per heavy atom. The monoisotopic (exact) mass is 555 g/mol. The van der Waals surface area contributed by atoms with Crippen molar-refractivity contribution in [3.8, 4) is 0 Å². The van der Waals surface area contributed by atoms with E-state index in [2.05, 4.69) is 33.9 Å². The number of rotatable bonds is 8. The average Bonchev–Trinajstić information content (AvgIpc) is 3.11. The second-order valence-electron chi connectivity index (χ2n) is 11.6. The van der Waals surface area contributed by atoms with E-state index in [0.717, 1.165) is 0 Å². The Labute approximate surface area is 226 Å². The number of benzene rings is 2. The van der Waals surface area contributed by atoms with Crippen molar-refractivity contribution in [3.05, 3.63) is 72.1 Å². The Bertz CT molecular complexity index is 1240. The molecule has 0 aromatic heterocycles. The number of β-lactam (4-membered cyclic amide) rings is 1. The number of esters is 1. The molecule has 7 nitrogen and oxygen atoms in total. The summed E-state index contributed by atoms with van der Waals surface area (Å²) in [5, 5.41) is 0.986. The van der Waals surface area contributed by atoms with Gasteiger partial charge in [0.2, 0.25) is 5.91 Å². The van der Waals surface area contributed by atoms with Crippen LogP contribution in [0.5, 0.6) is 0 Å². The summed E-state index contributed by atoms with van der Waals surface area (Å²) < 4.78 is 32.8. The summed E-state index contributed by atoms with van der Waals surface area (Å²) >= 11 is 0. The van der Waals surface area contributed by atoms with Crippen LogP contribution in [0, 0.1) is 11.8 Å². The smallest absolute Gasteiger partial charge is 0.358 e. The van der Waals surface area contributed by atoms with Crippen molar-refractivity contribution in [2.75, 3.05) is 7.11 Å². The van der Waals surface area contributed by atoms with E-state index in [4.69, 9.17) is 13.7 Å². The number of fused-ring (bicyclic) bond motifs is 1. The molecule has 1 amide bonds. The van der Waals surface area contributed by atoms with E-state index in [-0.39, 0.29) is 34.5 Å². The van der Waals surface area contributed by atoms with E-state index in [0.29, 0.717) is 10.6 Å². The number of amides is 1. The maximum atomic E-state index is 14.7. The molecule has 0 spiro atoms. The first-order valence-electron chi connectivity index (χ1n) is 13.0. The molecule has 0 radical (unpaired) electrons. The van der Waals surface area contributed by atoms with Crippen LogP contribution in [-0.4, -0.2) is 44.3 Å². The van der Waals surface area contributed by atoms with Crippen LogP contribution in [0.1, 0.15) is 34.6 Å². The third-order valence-corrected chi connectivity index (χ3v) is 15.2. The molecule has 1 saturated heterocycles. The number of hydrogen-bond acceptors (Lipinski definition) is 6. The maximum Gasteiger partial charge on any atom is 0.358 e. The highest BCUT2D eigenvalue weighted by Crippen LogP contribution is 2.55. The van der Waals surface area contributed by atoms with Crippen LogP contribution in [0.25, 0.3) is 0 Å². The van der Waals surface area contributed by atoms with Gasteiger partial charge < -0.3 is 13.7 Å². The minimum Gasteiger partial charge on any atom is -0.464 e. The molecule has 2 heterocycles. The van der Waals surface area contributed by atoms with Crippen LogP contribution < -0.4 is 10.6 Å². The Hall–Kier alpha value is -2.67. The Kier molecular flexibility index (Phi) is 7.56. The van der Waals surface area contributed by atoms with Crippen LogP contribution in [0.2, 0.25) is 18.1 Å². The minimum absolute atomic E-state index is 0.0171. The molecule has 4 rings (SSSR count). The molecule has 0 saturated carbocycles. The largest absolute Gasteiger partial charge is 0.464 e. The Morgan fingerprint density at radius 2 is 1.50 bits per heavy atom. The van der Waals surface area contributed by atoms with Crippen LogP contribution in [0.3, 0.4) is 0 Å². The van der Waals surface area contributed by atoms with E-state index in [1.807, 2.05) is 26.0 Å². The van der Waals surface area contributed by atoms with Crippen molar-refractivity contribution in [1.82, 2.24) is 4.90 Å². The molecule has 0 N–H and O–H groups in total. The number of nitrogens with zero attached hydrogens (tertiary/aromatic N) is 1. The number of hydrogen-bond donors (Lipinski definition) is 0. The summed E-state index contributed by atoms with van der Waals surface area (Å²) in [6, 6.07) is 17.5. The van der Waals surface area contributed by atoms with Gasteiger partial charge in [0.1, 0.15) is 5.76 Å². The van der Waals surface area contributed by atoms with Crippen LogP contribution in [-0.2, 0) is 27.8 Å². The van der Waals surface area contributed by atoms with Gasteiger partial charge in [0.05, 0.1) is 35.8 Å². The van der Waals surface area contributed by atoms with Gasteiger partial charge >= 0.3 is 13.3 Å². The van der Waals surface area contributed by atoms with Crippen LogP contribution in [0.4, 0.5) is 0 Å². The lowest BCUT2D eigenvalue weighted by atomic mass is 9.79. The predicted molar refractivity (Wildman–Crippen MR) is 151 cm³/mol. The fraction of sp³-hybridized carbons (Fsp3) is 0.448. The molecule has 2 aliphatic heterocycles. The molecule has 2 aromatic rings. The van der Waals surface area contributed by atoms with E-state index in [1.165, 1.54) is 12.0 Å². The van der Waals surface area contributed by atoms with E-state index in [9.17, 15) is 14.2 Å². The summed E-state index contributed by atoms with van der Waals surface area (Å²) in [5.74, 6) is -1.52. The number of carbonyl (C=O) groups is 2. The first-order valence-corrected chi connectivity index (χ1v) is 17.5. The van der Waals surface area contributed by atoms with Crippen molar-refractivity contribution < 1.29 is 27.8 Å². The van der Waals surface area contributed by atoms with Gasteiger partial charge in [0, 0.05) is 5.92 Å². The molecular weight excluding hydrogens is 517 g/mol. The molecule has 0 aliphatic carbocycles. The predicted octanol–water partition coefficient (Wildman–Crippen LogP) is 5.20. The van der Waals surface area contributed by atoms with Crippen molar-refractivity contribution >= 4 is 38.2 Å². The van der Waals surface area contributed by atoms with Crippen molar-refractivity contribution in [1.29, 1.82) is 0 Å². The molecule has 2 aromatic carbocycles. The van der Waals surface area contributed by atoms with Gasteiger partial charge in [-0.3, -0.25) is 14.3 Å². The summed E-state index contributed by atoms with van der Waals surface area (Å²) in [4.78, 5) is 28.0. The molecule has 4 atom stereocenters. The molecule has 1 unspecified atom stereocenters. The van der Waals surface area contributed by atoms with Crippen molar-refractivity contribution in [2.24, 2.45) is 11.8 Å². The van der Waals surface area contributed by atoms with E-state index < -0.39 is 33.5 Å². The van der Waals surface area contributed by atoms with E-state index in [1.54, 1.807) is 48.5 Å². The standard InChI is InChI=1S/C29H38NO6PSi/c1-19-24-23(20(2)36-38(7,8)29(3,4)5)27(31)30(24)25(28(32)34-6)26(19)35-37(33,21-15-11-9-12-16-21)22-17-13-10-14-18-22/h9-20,23-24H,1-8H3/t19-,20?,23-,24-/m1/s1. The fourth-order valence-corrected chi connectivity index (χ4v) is 8.67. The van der Waals surface area contributed by atoms with Crippen LogP contribution >= 0.6 is 7.37 Å². The van der Waals surface area contributed by atoms with Crippen molar-refractivity contribution in [3.63, 3.8) is 0 Å². The first-order chi connectivity index (χ1) is 17.7. The lowest BCUT2D eigenvalue weighted by Crippen LogP contribution is -2.65. The molecule has 2 aliphatic rings. The first kappa shape index (κ1) is 28.3. The quantitative estimate of drug-likeness (QED) is 0.193. The number of ether oxygens (including phenoxy) is 1. The topological polar surface area (TPSA) is 82.1 Å². The summed E-state index contributed by atoms with van der Waals surface area (Å²) in [7, 11) is -4.55. The maximum absolute atomic E-state index is 14.7. The number of carbonyl (C=O) groups excluding carboxylic acids is 2. The normalized spacial score (nSPS) is 22.6. The zero-order valence-electron chi connectivity index (χ0n) is 23.4. The molecule has 0 bridgehead atoms. The molecule has 38 heavy (non-hydrogen) atoms. The van der Waals surface area contributed by atoms with Crippen LogP contribution in [0.15, 0.2) is 72.1 Å². The summed E-state index contributed by atoms with van der Waals surface area (Å²) in [5.41, 5.74) is 0.0258. The lowest BCUT2D eigenvalue weighted by Gasteiger charge is -2.49. The van der Waals surface area contributed by atoms with Gasteiger partial charge in [0.25, 0.3) is 0 Å². The third kappa shape index (κ3) is 4.67. The summed E-state index contributed by atoms with van der Waals surface area (Å²) in [6.45, 7) is 14.6.